The lowest BCUT2D eigenvalue weighted by molar-refractivity contribution is 0.0667. The number of alkyl halides is 1. The number of piperidine rings is 1. The first-order valence-corrected chi connectivity index (χ1v) is 7.29. The summed E-state index contributed by atoms with van der Waals surface area (Å²) >= 11 is 3.43. The number of hydrogen-bond donors (Lipinski definition) is 0. The van der Waals surface area contributed by atoms with E-state index >= 15 is 0 Å². The molecule has 1 aromatic heterocycles. The fourth-order valence-corrected chi connectivity index (χ4v) is 3.01. The summed E-state index contributed by atoms with van der Waals surface area (Å²) < 4.78 is 13.5. The second kappa shape index (κ2) is 6.27. The van der Waals surface area contributed by atoms with Gasteiger partial charge in [0.05, 0.1) is 11.8 Å². The van der Waals surface area contributed by atoms with Crippen molar-refractivity contribution in [3.8, 4) is 0 Å². The fraction of sp³-hybridized carbons (Fsp3) is 0.538. The molecule has 0 N–H and O–H groups in total. The van der Waals surface area contributed by atoms with E-state index in [1.54, 1.807) is 4.90 Å². The van der Waals surface area contributed by atoms with Gasteiger partial charge in [0.2, 0.25) is 0 Å². The van der Waals surface area contributed by atoms with E-state index in [0.717, 1.165) is 43.9 Å². The standard InChI is InChI=1S/C13H16BrFN2O/c14-5-3-10-2-1-7-17(9-10)13(18)11-4-6-16-8-12(11)15/h4,6,8,10H,1-3,5,7,9H2. The molecule has 1 unspecified atom stereocenters. The van der Waals surface area contributed by atoms with Gasteiger partial charge in [-0.25, -0.2) is 4.39 Å². The summed E-state index contributed by atoms with van der Waals surface area (Å²) in [6.45, 7) is 1.45. The van der Waals surface area contributed by atoms with E-state index in [4.69, 9.17) is 0 Å². The Morgan fingerprint density at radius 3 is 3.17 bits per heavy atom. The Morgan fingerprint density at radius 1 is 1.61 bits per heavy atom. The van der Waals surface area contributed by atoms with Crippen LogP contribution in [-0.2, 0) is 0 Å². The highest BCUT2D eigenvalue weighted by atomic mass is 79.9. The van der Waals surface area contributed by atoms with E-state index in [0.29, 0.717) is 5.92 Å². The van der Waals surface area contributed by atoms with Crippen molar-refractivity contribution in [2.75, 3.05) is 18.4 Å². The summed E-state index contributed by atoms with van der Waals surface area (Å²) in [6.07, 6.45) is 5.75. The van der Waals surface area contributed by atoms with Gasteiger partial charge >= 0.3 is 0 Å². The Morgan fingerprint density at radius 2 is 2.44 bits per heavy atom. The molecule has 0 aliphatic carbocycles. The second-order valence-corrected chi connectivity index (χ2v) is 5.39. The number of hydrogen-bond acceptors (Lipinski definition) is 2. The highest BCUT2D eigenvalue weighted by Crippen LogP contribution is 2.22. The van der Waals surface area contributed by atoms with Crippen molar-refractivity contribution >= 4 is 21.8 Å². The number of amides is 1. The Bertz CT molecular complexity index is 425. The molecular formula is C13H16BrFN2O. The van der Waals surface area contributed by atoms with Gasteiger partial charge in [-0.2, -0.15) is 0 Å². The summed E-state index contributed by atoms with van der Waals surface area (Å²) in [6, 6.07) is 1.45. The molecule has 1 aromatic rings. The Balaban J connectivity index is 2.07. The van der Waals surface area contributed by atoms with Gasteiger partial charge in [0, 0.05) is 24.6 Å². The summed E-state index contributed by atoms with van der Waals surface area (Å²) in [5.74, 6) is -0.230. The van der Waals surface area contributed by atoms with Crippen molar-refractivity contribution in [2.45, 2.75) is 19.3 Å². The van der Waals surface area contributed by atoms with Crippen molar-refractivity contribution in [2.24, 2.45) is 5.92 Å². The third-order valence-corrected chi connectivity index (χ3v) is 3.78. The zero-order valence-corrected chi connectivity index (χ0v) is 11.7. The summed E-state index contributed by atoms with van der Waals surface area (Å²) in [4.78, 5) is 17.6. The van der Waals surface area contributed by atoms with Crippen LogP contribution in [0.4, 0.5) is 4.39 Å². The first kappa shape index (κ1) is 13.5. The quantitative estimate of drug-likeness (QED) is 0.804. The number of aromatic nitrogens is 1. The number of pyridine rings is 1. The molecule has 0 spiro atoms. The third-order valence-electron chi connectivity index (χ3n) is 3.33. The lowest BCUT2D eigenvalue weighted by Crippen LogP contribution is -2.40. The van der Waals surface area contributed by atoms with Gasteiger partial charge < -0.3 is 4.90 Å². The van der Waals surface area contributed by atoms with E-state index < -0.39 is 5.82 Å². The monoisotopic (exact) mass is 314 g/mol. The van der Waals surface area contributed by atoms with Crippen LogP contribution in [0.5, 0.6) is 0 Å². The molecule has 1 amide bonds. The molecule has 1 atom stereocenters. The van der Waals surface area contributed by atoms with Gasteiger partial charge in [-0.1, -0.05) is 15.9 Å². The second-order valence-electron chi connectivity index (χ2n) is 4.59. The minimum Gasteiger partial charge on any atom is -0.338 e. The Kier molecular flexibility index (Phi) is 4.69. The first-order chi connectivity index (χ1) is 8.72. The highest BCUT2D eigenvalue weighted by molar-refractivity contribution is 9.09. The topological polar surface area (TPSA) is 33.2 Å². The van der Waals surface area contributed by atoms with Crippen LogP contribution in [0.2, 0.25) is 0 Å². The molecule has 0 aromatic carbocycles. The van der Waals surface area contributed by atoms with Crippen molar-refractivity contribution in [3.05, 3.63) is 29.8 Å². The first-order valence-electron chi connectivity index (χ1n) is 6.17. The molecule has 5 heteroatoms. The van der Waals surface area contributed by atoms with E-state index in [-0.39, 0.29) is 11.5 Å². The van der Waals surface area contributed by atoms with Crippen LogP contribution in [0.3, 0.4) is 0 Å². The summed E-state index contributed by atoms with van der Waals surface area (Å²) in [5.41, 5.74) is 0.129. The number of rotatable bonds is 3. The minimum absolute atomic E-state index is 0.129. The molecular weight excluding hydrogens is 299 g/mol. The van der Waals surface area contributed by atoms with Crippen molar-refractivity contribution in [3.63, 3.8) is 0 Å². The third kappa shape index (κ3) is 3.07. The van der Waals surface area contributed by atoms with Gasteiger partial charge in [0.25, 0.3) is 5.91 Å². The zero-order valence-electron chi connectivity index (χ0n) is 10.1. The maximum Gasteiger partial charge on any atom is 0.256 e. The van der Waals surface area contributed by atoms with Crippen LogP contribution in [0.25, 0.3) is 0 Å². The zero-order chi connectivity index (χ0) is 13.0. The van der Waals surface area contributed by atoms with Crippen molar-refractivity contribution in [1.29, 1.82) is 0 Å². The number of likely N-dealkylation sites (tertiary alicyclic amines) is 1. The maximum absolute atomic E-state index is 13.5. The molecule has 98 valence electrons. The molecule has 0 radical (unpaired) electrons. The SMILES string of the molecule is O=C(c1ccncc1F)N1CCCC(CCBr)C1. The van der Waals surface area contributed by atoms with Crippen LogP contribution in [0, 0.1) is 11.7 Å². The van der Waals surface area contributed by atoms with Gasteiger partial charge in [0.15, 0.2) is 5.82 Å². The van der Waals surface area contributed by atoms with Crippen LogP contribution in [0.1, 0.15) is 29.6 Å². The summed E-state index contributed by atoms with van der Waals surface area (Å²) in [5, 5.41) is 0.948. The number of carbonyl (C=O) groups excluding carboxylic acids is 1. The Hall–Kier alpha value is -0.970. The average molecular weight is 315 g/mol. The van der Waals surface area contributed by atoms with Crippen molar-refractivity contribution in [1.82, 2.24) is 9.88 Å². The smallest absolute Gasteiger partial charge is 0.256 e. The minimum atomic E-state index is -0.537. The van der Waals surface area contributed by atoms with E-state index in [1.807, 2.05) is 0 Å². The van der Waals surface area contributed by atoms with Crippen molar-refractivity contribution < 1.29 is 9.18 Å². The molecule has 2 rings (SSSR count). The fourth-order valence-electron chi connectivity index (χ4n) is 2.36. The average Bonchev–Trinajstić information content (AvgIpc) is 2.39. The molecule has 18 heavy (non-hydrogen) atoms. The number of halogens is 2. The normalized spacial score (nSPS) is 19.9. The van der Waals surface area contributed by atoms with Gasteiger partial charge in [-0.3, -0.25) is 9.78 Å². The van der Waals surface area contributed by atoms with Gasteiger partial charge in [0.1, 0.15) is 0 Å². The van der Waals surface area contributed by atoms with Crippen LogP contribution >= 0.6 is 15.9 Å². The van der Waals surface area contributed by atoms with Gasteiger partial charge in [-0.05, 0) is 31.2 Å². The molecule has 0 bridgehead atoms. The highest BCUT2D eigenvalue weighted by Gasteiger charge is 2.25. The molecule has 1 fully saturated rings. The Labute approximate surface area is 115 Å². The van der Waals surface area contributed by atoms with Crippen LogP contribution < -0.4 is 0 Å². The largest absolute Gasteiger partial charge is 0.338 e. The van der Waals surface area contributed by atoms with Crippen LogP contribution in [-0.4, -0.2) is 34.2 Å². The predicted octanol–water partition coefficient (Wildman–Crippen LogP) is 2.86. The molecule has 1 aliphatic rings. The lowest BCUT2D eigenvalue weighted by atomic mass is 9.95. The molecule has 2 heterocycles. The molecule has 3 nitrogen and oxygen atoms in total. The van der Waals surface area contributed by atoms with Gasteiger partial charge in [-0.15, -0.1) is 0 Å². The lowest BCUT2D eigenvalue weighted by Gasteiger charge is -2.32. The predicted molar refractivity (Wildman–Crippen MR) is 71.2 cm³/mol. The molecule has 1 aliphatic heterocycles. The summed E-state index contributed by atoms with van der Waals surface area (Å²) in [7, 11) is 0. The molecule has 0 saturated carbocycles. The maximum atomic E-state index is 13.5. The van der Waals surface area contributed by atoms with Crippen LogP contribution in [0.15, 0.2) is 18.5 Å². The number of carbonyl (C=O) groups is 1. The van der Waals surface area contributed by atoms with E-state index in [2.05, 4.69) is 20.9 Å². The van der Waals surface area contributed by atoms with E-state index in [9.17, 15) is 9.18 Å². The molecule has 1 saturated heterocycles. The number of nitrogens with zero attached hydrogens (tertiary/aromatic N) is 2. The van der Waals surface area contributed by atoms with E-state index in [1.165, 1.54) is 12.3 Å².